The van der Waals surface area contributed by atoms with E-state index in [1.54, 1.807) is 0 Å². The summed E-state index contributed by atoms with van der Waals surface area (Å²) in [6.45, 7) is 2.32. The van der Waals surface area contributed by atoms with Gasteiger partial charge in [0.15, 0.2) is 0 Å². The zero-order valence-electron chi connectivity index (χ0n) is 10.7. The maximum Gasteiger partial charge on any atom is 0.373 e. The Balaban J connectivity index is 0.000000267. The Kier molecular flexibility index (Phi) is 8.97. The van der Waals surface area contributed by atoms with Crippen LogP contribution in [0.3, 0.4) is 0 Å². The van der Waals surface area contributed by atoms with Gasteiger partial charge < -0.3 is 5.11 Å². The van der Waals surface area contributed by atoms with Gasteiger partial charge in [0.25, 0.3) is 0 Å². The SMILES string of the molecule is C[C@H]1CCC(=O)C1.O=C1CC[C@H](CO)C1.O=C=O. The summed E-state index contributed by atoms with van der Waals surface area (Å²) in [6.07, 6.45) is 5.23. The summed E-state index contributed by atoms with van der Waals surface area (Å²) < 4.78 is 0. The van der Waals surface area contributed by atoms with Crippen LogP contribution in [0.2, 0.25) is 0 Å². The number of hydrogen-bond donors (Lipinski definition) is 1. The number of carbonyl (C=O) groups excluding carboxylic acids is 4. The quantitative estimate of drug-likeness (QED) is 0.760. The first-order chi connectivity index (χ1) is 8.53. The molecule has 0 aromatic heterocycles. The smallest absolute Gasteiger partial charge is 0.373 e. The largest absolute Gasteiger partial charge is 0.396 e. The highest BCUT2D eigenvalue weighted by Crippen LogP contribution is 2.20. The van der Waals surface area contributed by atoms with Crippen LogP contribution in [-0.4, -0.2) is 29.4 Å². The molecule has 2 atom stereocenters. The molecule has 2 rings (SSSR count). The Labute approximate surface area is 107 Å². The lowest BCUT2D eigenvalue weighted by molar-refractivity contribution is -0.191. The van der Waals surface area contributed by atoms with E-state index in [-0.39, 0.29) is 18.7 Å². The number of rotatable bonds is 1. The van der Waals surface area contributed by atoms with E-state index in [9.17, 15) is 9.59 Å². The Morgan fingerprint density at radius 3 is 1.78 bits per heavy atom. The zero-order chi connectivity index (χ0) is 14.0. The molecule has 0 bridgehead atoms. The summed E-state index contributed by atoms with van der Waals surface area (Å²) in [5.74, 6) is 1.71. The predicted octanol–water partition coefficient (Wildman–Crippen LogP) is 1.14. The number of carbonyl (C=O) groups is 2. The second-order valence-electron chi connectivity index (χ2n) is 4.80. The van der Waals surface area contributed by atoms with Gasteiger partial charge in [0.2, 0.25) is 0 Å². The lowest BCUT2D eigenvalue weighted by atomic mass is 10.1. The van der Waals surface area contributed by atoms with Crippen molar-refractivity contribution >= 4 is 17.7 Å². The molecule has 0 radical (unpaired) electrons. The van der Waals surface area contributed by atoms with Gasteiger partial charge in [-0.2, -0.15) is 9.59 Å². The minimum absolute atomic E-state index is 0.186. The maximum atomic E-state index is 10.5. The van der Waals surface area contributed by atoms with Crippen LogP contribution < -0.4 is 0 Å². The maximum absolute atomic E-state index is 10.5. The van der Waals surface area contributed by atoms with Crippen LogP contribution in [0.25, 0.3) is 0 Å². The Bertz CT molecular complexity index is 305. The van der Waals surface area contributed by atoms with Gasteiger partial charge in [0, 0.05) is 32.3 Å². The molecule has 2 fully saturated rings. The first kappa shape index (κ1) is 16.7. The molecule has 102 valence electrons. The molecule has 0 saturated heterocycles. The molecule has 18 heavy (non-hydrogen) atoms. The molecule has 1 N–H and O–H groups in total. The van der Waals surface area contributed by atoms with E-state index in [0.29, 0.717) is 30.3 Å². The number of ketones is 2. The average Bonchev–Trinajstić information content (AvgIpc) is 2.89. The fourth-order valence-corrected chi connectivity index (χ4v) is 2.05. The van der Waals surface area contributed by atoms with E-state index in [4.69, 9.17) is 14.7 Å². The van der Waals surface area contributed by atoms with Crippen LogP contribution in [-0.2, 0) is 19.2 Å². The van der Waals surface area contributed by atoms with Gasteiger partial charge in [-0.05, 0) is 24.7 Å². The number of hydrogen-bond acceptors (Lipinski definition) is 5. The lowest BCUT2D eigenvalue weighted by Gasteiger charge is -1.97. The molecule has 2 saturated carbocycles. The highest BCUT2D eigenvalue weighted by atomic mass is 16.3. The second kappa shape index (κ2) is 9.68. The lowest BCUT2D eigenvalue weighted by Crippen LogP contribution is -1.99. The number of aliphatic hydroxyl groups is 1. The molecular formula is C13H20O5. The average molecular weight is 256 g/mol. The third kappa shape index (κ3) is 7.87. The van der Waals surface area contributed by atoms with Crippen molar-refractivity contribution in [3.05, 3.63) is 0 Å². The van der Waals surface area contributed by atoms with Crippen LogP contribution in [0, 0.1) is 11.8 Å². The van der Waals surface area contributed by atoms with Crippen molar-refractivity contribution in [2.45, 2.75) is 45.4 Å². The summed E-state index contributed by atoms with van der Waals surface area (Å²) in [5.41, 5.74) is 0. The monoisotopic (exact) mass is 256 g/mol. The van der Waals surface area contributed by atoms with Crippen LogP contribution in [0.5, 0.6) is 0 Å². The van der Waals surface area contributed by atoms with Crippen molar-refractivity contribution in [2.24, 2.45) is 11.8 Å². The fourth-order valence-electron chi connectivity index (χ4n) is 2.05. The first-order valence-corrected chi connectivity index (χ1v) is 6.17. The standard InChI is InChI=1S/C6H10O2.C6H10O.CO2/c7-4-5-1-2-6(8)3-5;1-5-2-3-6(7)4-5;2-1-3/h5,7H,1-4H2;5H,2-4H2,1H3;/t2*5-;/m00./s1. The van der Waals surface area contributed by atoms with E-state index in [1.807, 2.05) is 0 Å². The number of Topliss-reactive ketones (excluding diaryl/α,β-unsaturated/α-hetero) is 2. The van der Waals surface area contributed by atoms with Crippen LogP contribution >= 0.6 is 0 Å². The second-order valence-corrected chi connectivity index (χ2v) is 4.80. The Hall–Kier alpha value is -1.32. The zero-order valence-corrected chi connectivity index (χ0v) is 10.7. The molecular weight excluding hydrogens is 236 g/mol. The molecule has 0 aromatic rings. The normalized spacial score (nSPS) is 25.7. The fraction of sp³-hybridized carbons (Fsp3) is 0.769. The minimum Gasteiger partial charge on any atom is -0.396 e. The van der Waals surface area contributed by atoms with Gasteiger partial charge in [-0.15, -0.1) is 0 Å². The van der Waals surface area contributed by atoms with Gasteiger partial charge in [-0.25, -0.2) is 0 Å². The van der Waals surface area contributed by atoms with Crippen molar-refractivity contribution < 1.29 is 24.3 Å². The molecule has 0 unspecified atom stereocenters. The van der Waals surface area contributed by atoms with E-state index < -0.39 is 0 Å². The van der Waals surface area contributed by atoms with Gasteiger partial charge in [-0.1, -0.05) is 6.92 Å². The van der Waals surface area contributed by atoms with E-state index >= 15 is 0 Å². The molecule has 0 aliphatic heterocycles. The highest BCUT2D eigenvalue weighted by Gasteiger charge is 2.20. The van der Waals surface area contributed by atoms with Crippen LogP contribution in [0.15, 0.2) is 0 Å². The molecule has 5 nitrogen and oxygen atoms in total. The summed E-state index contributed by atoms with van der Waals surface area (Å²) in [4.78, 5) is 37.2. The van der Waals surface area contributed by atoms with E-state index in [2.05, 4.69) is 6.92 Å². The van der Waals surface area contributed by atoms with Gasteiger partial charge >= 0.3 is 6.15 Å². The molecule has 0 aromatic carbocycles. The van der Waals surface area contributed by atoms with Crippen molar-refractivity contribution in [3.63, 3.8) is 0 Å². The topological polar surface area (TPSA) is 88.5 Å². The molecule has 0 amide bonds. The third-order valence-corrected chi connectivity index (χ3v) is 3.10. The minimum atomic E-state index is 0.186. The van der Waals surface area contributed by atoms with Crippen LogP contribution in [0.1, 0.15) is 45.4 Å². The van der Waals surface area contributed by atoms with E-state index in [0.717, 1.165) is 25.7 Å². The Morgan fingerprint density at radius 1 is 1.11 bits per heavy atom. The van der Waals surface area contributed by atoms with Crippen molar-refractivity contribution in [2.75, 3.05) is 6.61 Å². The highest BCUT2D eigenvalue weighted by molar-refractivity contribution is 5.80. The van der Waals surface area contributed by atoms with Gasteiger partial charge in [-0.3, -0.25) is 9.59 Å². The molecule has 0 spiro atoms. The van der Waals surface area contributed by atoms with E-state index in [1.165, 1.54) is 0 Å². The number of aliphatic hydroxyl groups excluding tert-OH is 1. The summed E-state index contributed by atoms with van der Waals surface area (Å²) in [6, 6.07) is 0. The Morgan fingerprint density at radius 2 is 1.61 bits per heavy atom. The first-order valence-electron chi connectivity index (χ1n) is 6.17. The summed E-state index contributed by atoms with van der Waals surface area (Å²) in [7, 11) is 0. The van der Waals surface area contributed by atoms with Crippen molar-refractivity contribution in [1.29, 1.82) is 0 Å². The molecule has 2 aliphatic rings. The van der Waals surface area contributed by atoms with Crippen molar-refractivity contribution in [3.8, 4) is 0 Å². The summed E-state index contributed by atoms with van der Waals surface area (Å²) in [5, 5.41) is 8.53. The third-order valence-electron chi connectivity index (χ3n) is 3.10. The molecule has 2 aliphatic carbocycles. The van der Waals surface area contributed by atoms with Crippen LogP contribution in [0.4, 0.5) is 0 Å². The van der Waals surface area contributed by atoms with Crippen molar-refractivity contribution in [1.82, 2.24) is 0 Å². The van der Waals surface area contributed by atoms with Gasteiger partial charge in [0.1, 0.15) is 11.6 Å². The molecule has 0 heterocycles. The molecule has 5 heteroatoms. The predicted molar refractivity (Wildman–Crippen MR) is 62.5 cm³/mol. The summed E-state index contributed by atoms with van der Waals surface area (Å²) >= 11 is 0. The van der Waals surface area contributed by atoms with Gasteiger partial charge in [0.05, 0.1) is 0 Å².